The van der Waals surface area contributed by atoms with Crippen molar-refractivity contribution in [1.82, 2.24) is 0 Å². The van der Waals surface area contributed by atoms with Crippen molar-refractivity contribution in [2.75, 3.05) is 0 Å². The number of benzene rings is 1. The van der Waals surface area contributed by atoms with Crippen LogP contribution in [0.2, 0.25) is 10.0 Å². The molecule has 0 aliphatic rings. The van der Waals surface area contributed by atoms with Gasteiger partial charge in [0.05, 0.1) is 14.4 Å². The van der Waals surface area contributed by atoms with Crippen molar-refractivity contribution in [1.29, 1.82) is 0 Å². The fraction of sp³-hybridized carbons (Fsp3) is 0. The third-order valence-corrected chi connectivity index (χ3v) is 3.50. The van der Waals surface area contributed by atoms with Gasteiger partial charge in [-0.3, -0.25) is 10.1 Å². The smallest absolute Gasteiger partial charge is 0.342 e. The Hall–Kier alpha value is -0.850. The number of carbonyl (C=O) groups is 1. The molecule has 0 atom stereocenters. The van der Waals surface area contributed by atoms with Gasteiger partial charge in [0.25, 0.3) is 0 Å². The van der Waals surface area contributed by atoms with E-state index in [0.717, 1.165) is 6.07 Å². The molecule has 1 aromatic carbocycles. The number of halogens is 3. The monoisotopic (exact) mass is 313 g/mol. The van der Waals surface area contributed by atoms with Gasteiger partial charge in [0.2, 0.25) is 0 Å². The van der Waals surface area contributed by atoms with E-state index in [-0.39, 0.29) is 14.5 Å². The average molecular weight is 315 g/mol. The summed E-state index contributed by atoms with van der Waals surface area (Å²) in [6, 6.07) is 0.970. The Morgan fingerprint density at radius 1 is 1.53 bits per heavy atom. The van der Waals surface area contributed by atoms with E-state index < -0.39 is 22.1 Å². The third-order valence-electron chi connectivity index (χ3n) is 1.55. The SMILES string of the molecule is O=C(O)c1cc(Cl)c(Br)c(Cl)c1[N+](=O)[O-]. The van der Waals surface area contributed by atoms with Gasteiger partial charge in [0.1, 0.15) is 10.6 Å². The zero-order valence-electron chi connectivity index (χ0n) is 6.83. The number of aromatic carboxylic acids is 1. The molecule has 1 rings (SSSR count). The molecule has 0 radical (unpaired) electrons. The first kappa shape index (κ1) is 12.2. The molecule has 15 heavy (non-hydrogen) atoms. The van der Waals surface area contributed by atoms with E-state index in [1.807, 2.05) is 0 Å². The molecular weight excluding hydrogens is 313 g/mol. The van der Waals surface area contributed by atoms with Gasteiger partial charge < -0.3 is 5.11 Å². The minimum atomic E-state index is -1.46. The van der Waals surface area contributed by atoms with Crippen molar-refractivity contribution in [3.63, 3.8) is 0 Å². The van der Waals surface area contributed by atoms with Gasteiger partial charge in [-0.1, -0.05) is 23.2 Å². The summed E-state index contributed by atoms with van der Waals surface area (Å²) < 4.78 is 0.0996. The molecule has 5 nitrogen and oxygen atoms in total. The van der Waals surface area contributed by atoms with Gasteiger partial charge in [0.15, 0.2) is 0 Å². The Labute approximate surface area is 102 Å². The summed E-state index contributed by atoms with van der Waals surface area (Å²) in [4.78, 5) is 20.4. The van der Waals surface area contributed by atoms with E-state index in [9.17, 15) is 14.9 Å². The number of hydrogen-bond donors (Lipinski definition) is 1. The molecule has 0 fully saturated rings. The lowest BCUT2D eigenvalue weighted by molar-refractivity contribution is -0.385. The first-order valence-electron chi connectivity index (χ1n) is 3.41. The fourth-order valence-electron chi connectivity index (χ4n) is 0.927. The highest BCUT2D eigenvalue weighted by molar-refractivity contribution is 9.10. The Morgan fingerprint density at radius 2 is 2.07 bits per heavy atom. The molecule has 0 heterocycles. The first-order chi connectivity index (χ1) is 6.86. The Morgan fingerprint density at radius 3 is 2.47 bits per heavy atom. The van der Waals surface area contributed by atoms with Crippen molar-refractivity contribution in [2.45, 2.75) is 0 Å². The molecule has 0 spiro atoms. The van der Waals surface area contributed by atoms with Crippen LogP contribution in [0.4, 0.5) is 5.69 Å². The van der Waals surface area contributed by atoms with Crippen LogP contribution in [0.1, 0.15) is 10.4 Å². The lowest BCUT2D eigenvalue weighted by Crippen LogP contribution is -2.03. The summed E-state index contributed by atoms with van der Waals surface area (Å²) >= 11 is 14.1. The van der Waals surface area contributed by atoms with E-state index in [2.05, 4.69) is 15.9 Å². The van der Waals surface area contributed by atoms with E-state index in [1.54, 1.807) is 0 Å². The fourth-order valence-corrected chi connectivity index (χ4v) is 1.75. The summed E-state index contributed by atoms with van der Waals surface area (Å²) in [6.07, 6.45) is 0. The van der Waals surface area contributed by atoms with Crippen LogP contribution in [0.25, 0.3) is 0 Å². The van der Waals surface area contributed by atoms with Crippen LogP contribution in [0.5, 0.6) is 0 Å². The van der Waals surface area contributed by atoms with Crippen molar-refractivity contribution >= 4 is 50.8 Å². The van der Waals surface area contributed by atoms with Gasteiger partial charge in [-0.15, -0.1) is 0 Å². The molecule has 0 unspecified atom stereocenters. The molecule has 0 saturated heterocycles. The highest BCUT2D eigenvalue weighted by Crippen LogP contribution is 2.39. The summed E-state index contributed by atoms with van der Waals surface area (Å²) in [5.74, 6) is -1.46. The maximum absolute atomic E-state index is 10.7. The maximum Gasteiger partial charge on any atom is 0.342 e. The molecule has 1 N–H and O–H groups in total. The molecule has 8 heteroatoms. The predicted molar refractivity (Wildman–Crippen MR) is 57.8 cm³/mol. The van der Waals surface area contributed by atoms with Crippen LogP contribution in [-0.4, -0.2) is 16.0 Å². The predicted octanol–water partition coefficient (Wildman–Crippen LogP) is 3.36. The Bertz CT molecular complexity index is 463. The van der Waals surface area contributed by atoms with Crippen LogP contribution < -0.4 is 0 Å². The first-order valence-corrected chi connectivity index (χ1v) is 4.96. The molecule has 0 aliphatic heterocycles. The summed E-state index contributed by atoms with van der Waals surface area (Å²) in [7, 11) is 0. The molecule has 0 aromatic heterocycles. The van der Waals surface area contributed by atoms with E-state index in [1.165, 1.54) is 0 Å². The second kappa shape index (κ2) is 4.34. The highest BCUT2D eigenvalue weighted by Gasteiger charge is 2.27. The third kappa shape index (κ3) is 2.22. The number of carboxylic acid groups (broad SMARTS) is 1. The minimum Gasteiger partial charge on any atom is -0.477 e. The van der Waals surface area contributed by atoms with Crippen molar-refractivity contribution in [3.8, 4) is 0 Å². The van der Waals surface area contributed by atoms with Gasteiger partial charge in [-0.25, -0.2) is 4.79 Å². The molecule has 0 aliphatic carbocycles. The molecule has 1 aromatic rings. The van der Waals surface area contributed by atoms with Crippen LogP contribution >= 0.6 is 39.1 Å². The van der Waals surface area contributed by atoms with Crippen molar-refractivity contribution in [3.05, 3.63) is 36.3 Å². The minimum absolute atomic E-state index is 0.00278. The van der Waals surface area contributed by atoms with E-state index in [4.69, 9.17) is 28.3 Å². The summed E-state index contributed by atoms with van der Waals surface area (Å²) in [6.45, 7) is 0. The number of rotatable bonds is 2. The van der Waals surface area contributed by atoms with Gasteiger partial charge in [-0.05, 0) is 22.0 Å². The second-order valence-corrected chi connectivity index (χ2v) is 4.02. The number of nitrogens with zero attached hydrogens (tertiary/aromatic N) is 1. The largest absolute Gasteiger partial charge is 0.477 e. The molecular formula is C7H2BrCl2NO4. The summed E-state index contributed by atoms with van der Waals surface area (Å²) in [5, 5.41) is 19.0. The molecule has 0 bridgehead atoms. The van der Waals surface area contributed by atoms with Gasteiger partial charge in [0, 0.05) is 0 Å². The zero-order chi connectivity index (χ0) is 11.7. The summed E-state index contributed by atoms with van der Waals surface area (Å²) in [5.41, 5.74) is -1.22. The Kier molecular flexibility index (Phi) is 3.54. The standard InChI is InChI=1S/C7H2BrCl2NO4/c8-4-3(9)1-2(7(12)13)6(5(4)10)11(14)15/h1H,(H,12,13). The zero-order valence-corrected chi connectivity index (χ0v) is 9.93. The van der Waals surface area contributed by atoms with Gasteiger partial charge in [-0.2, -0.15) is 0 Å². The molecule has 0 saturated carbocycles. The van der Waals surface area contributed by atoms with Crippen LogP contribution in [0.15, 0.2) is 10.5 Å². The second-order valence-electron chi connectivity index (χ2n) is 2.44. The lowest BCUT2D eigenvalue weighted by atomic mass is 10.2. The lowest BCUT2D eigenvalue weighted by Gasteiger charge is -2.03. The maximum atomic E-state index is 10.7. The van der Waals surface area contributed by atoms with Crippen LogP contribution in [0.3, 0.4) is 0 Å². The van der Waals surface area contributed by atoms with Crippen molar-refractivity contribution in [2.24, 2.45) is 0 Å². The van der Waals surface area contributed by atoms with Crippen LogP contribution in [0, 0.1) is 10.1 Å². The van der Waals surface area contributed by atoms with E-state index >= 15 is 0 Å². The Balaban J connectivity index is 3.65. The number of nitro groups is 1. The number of nitro benzene ring substituents is 1. The normalized spacial score (nSPS) is 10.1. The number of hydrogen-bond acceptors (Lipinski definition) is 3. The quantitative estimate of drug-likeness (QED) is 0.515. The topological polar surface area (TPSA) is 80.4 Å². The van der Waals surface area contributed by atoms with Crippen LogP contribution in [-0.2, 0) is 0 Å². The highest BCUT2D eigenvalue weighted by atomic mass is 79.9. The van der Waals surface area contributed by atoms with Crippen molar-refractivity contribution < 1.29 is 14.8 Å². The number of carboxylic acids is 1. The molecule has 80 valence electrons. The van der Waals surface area contributed by atoms with E-state index in [0.29, 0.717) is 0 Å². The molecule has 0 amide bonds. The average Bonchev–Trinajstić information content (AvgIpc) is 2.12. The van der Waals surface area contributed by atoms with Gasteiger partial charge >= 0.3 is 11.7 Å².